The Morgan fingerprint density at radius 1 is 0.969 bits per heavy atom. The van der Waals surface area contributed by atoms with Crippen LogP contribution in [0.25, 0.3) is 0 Å². The van der Waals surface area contributed by atoms with E-state index in [0.29, 0.717) is 26.8 Å². The highest BCUT2D eigenvalue weighted by Crippen LogP contribution is 2.26. The maximum absolute atomic E-state index is 12.7. The zero-order valence-corrected chi connectivity index (χ0v) is 19.1. The fourth-order valence-corrected chi connectivity index (χ4v) is 4.46. The van der Waals surface area contributed by atoms with E-state index in [1.165, 1.54) is 11.3 Å². The number of hydrogen-bond acceptors (Lipinski definition) is 5. The molecule has 160 valence electrons. The first-order valence-electron chi connectivity index (χ1n) is 9.66. The highest BCUT2D eigenvalue weighted by molar-refractivity contribution is 7.98. The summed E-state index contributed by atoms with van der Waals surface area (Å²) < 4.78 is 0. The minimum atomic E-state index is -0.288. The fraction of sp³-hybridized carbons (Fsp3) is 0.0417. The van der Waals surface area contributed by atoms with Crippen LogP contribution in [0.1, 0.15) is 25.6 Å². The van der Waals surface area contributed by atoms with Crippen LogP contribution in [-0.4, -0.2) is 16.8 Å². The van der Waals surface area contributed by atoms with Crippen molar-refractivity contribution in [2.75, 3.05) is 10.6 Å². The number of benzene rings is 2. The minimum absolute atomic E-state index is 0.265. The van der Waals surface area contributed by atoms with Crippen LogP contribution < -0.4 is 10.6 Å². The number of nitrogens with one attached hydrogen (secondary N) is 2. The molecule has 2 N–H and O–H groups in total. The molecule has 0 unspecified atom stereocenters. The number of hydrogen-bond donors (Lipinski definition) is 2. The molecule has 0 saturated heterocycles. The van der Waals surface area contributed by atoms with Crippen molar-refractivity contribution >= 4 is 57.9 Å². The number of aromatic nitrogens is 1. The summed E-state index contributed by atoms with van der Waals surface area (Å²) in [5.41, 5.74) is 2.62. The summed E-state index contributed by atoms with van der Waals surface area (Å²) in [5, 5.41) is 7.82. The molecule has 0 bridgehead atoms. The van der Waals surface area contributed by atoms with Crippen LogP contribution in [0.2, 0.25) is 5.02 Å². The SMILES string of the molecule is O=C(Nc1ccc(SCc2cccnc2)cc1)c1ccc(Cl)c(NC(=O)c2cccs2)c1. The van der Waals surface area contributed by atoms with Gasteiger partial charge in [0.1, 0.15) is 0 Å². The van der Waals surface area contributed by atoms with Gasteiger partial charge in [-0.15, -0.1) is 23.1 Å². The third-order valence-electron chi connectivity index (χ3n) is 4.46. The molecular weight excluding hydrogens is 462 g/mol. The Balaban J connectivity index is 1.38. The number of anilines is 2. The molecule has 2 aromatic heterocycles. The Labute approximate surface area is 198 Å². The number of halogens is 1. The summed E-state index contributed by atoms with van der Waals surface area (Å²) in [5.74, 6) is 0.271. The monoisotopic (exact) mass is 479 g/mol. The lowest BCUT2D eigenvalue weighted by Crippen LogP contribution is -2.14. The van der Waals surface area contributed by atoms with Gasteiger partial charge in [-0.25, -0.2) is 0 Å². The maximum Gasteiger partial charge on any atom is 0.265 e. The smallest absolute Gasteiger partial charge is 0.265 e. The minimum Gasteiger partial charge on any atom is -0.322 e. The van der Waals surface area contributed by atoms with E-state index in [0.717, 1.165) is 16.2 Å². The molecule has 8 heteroatoms. The normalized spacial score (nSPS) is 10.5. The lowest BCUT2D eigenvalue weighted by molar-refractivity contribution is 0.101. The van der Waals surface area contributed by atoms with Gasteiger partial charge in [0.15, 0.2) is 0 Å². The second kappa shape index (κ2) is 10.5. The van der Waals surface area contributed by atoms with Crippen molar-refractivity contribution < 1.29 is 9.59 Å². The molecular formula is C24H18ClN3O2S2. The van der Waals surface area contributed by atoms with Gasteiger partial charge in [0.2, 0.25) is 0 Å². The van der Waals surface area contributed by atoms with Crippen molar-refractivity contribution in [2.45, 2.75) is 10.6 Å². The van der Waals surface area contributed by atoms with E-state index in [4.69, 9.17) is 11.6 Å². The van der Waals surface area contributed by atoms with E-state index < -0.39 is 0 Å². The molecule has 4 aromatic rings. The summed E-state index contributed by atoms with van der Waals surface area (Å²) in [6, 6.07) is 19.9. The molecule has 32 heavy (non-hydrogen) atoms. The van der Waals surface area contributed by atoms with Crippen molar-refractivity contribution in [1.29, 1.82) is 0 Å². The predicted octanol–water partition coefficient (Wildman–Crippen LogP) is 6.59. The summed E-state index contributed by atoms with van der Waals surface area (Å²) in [6.45, 7) is 0. The van der Waals surface area contributed by atoms with Crippen molar-refractivity contribution in [2.24, 2.45) is 0 Å². The van der Waals surface area contributed by atoms with Crippen molar-refractivity contribution in [3.05, 3.63) is 106 Å². The van der Waals surface area contributed by atoms with Crippen LogP contribution in [0.15, 0.2) is 89.4 Å². The number of thiophene rings is 1. The first-order valence-corrected chi connectivity index (χ1v) is 11.9. The lowest BCUT2D eigenvalue weighted by atomic mass is 10.1. The molecule has 2 heterocycles. The van der Waals surface area contributed by atoms with Crippen LogP contribution in [-0.2, 0) is 5.75 Å². The Kier molecular flexibility index (Phi) is 7.21. The third kappa shape index (κ3) is 5.76. The number of nitrogens with zero attached hydrogens (tertiary/aromatic N) is 1. The summed E-state index contributed by atoms with van der Waals surface area (Å²) in [4.78, 5) is 30.8. The van der Waals surface area contributed by atoms with E-state index in [-0.39, 0.29) is 11.8 Å². The number of thioether (sulfide) groups is 1. The quantitative estimate of drug-likeness (QED) is 0.293. The largest absolute Gasteiger partial charge is 0.322 e. The lowest BCUT2D eigenvalue weighted by Gasteiger charge is -2.10. The van der Waals surface area contributed by atoms with Gasteiger partial charge >= 0.3 is 0 Å². The zero-order chi connectivity index (χ0) is 22.3. The van der Waals surface area contributed by atoms with Crippen LogP contribution in [0.5, 0.6) is 0 Å². The van der Waals surface area contributed by atoms with Crippen molar-refractivity contribution in [3.63, 3.8) is 0 Å². The highest BCUT2D eigenvalue weighted by atomic mass is 35.5. The Morgan fingerprint density at radius 2 is 1.81 bits per heavy atom. The highest BCUT2D eigenvalue weighted by Gasteiger charge is 2.13. The van der Waals surface area contributed by atoms with Crippen LogP contribution in [0.4, 0.5) is 11.4 Å². The molecule has 0 aliphatic rings. The molecule has 2 amide bonds. The average molecular weight is 480 g/mol. The molecule has 0 fully saturated rings. The first kappa shape index (κ1) is 22.1. The van der Waals surface area contributed by atoms with Gasteiger partial charge in [-0.1, -0.05) is 23.7 Å². The zero-order valence-electron chi connectivity index (χ0n) is 16.7. The molecule has 4 rings (SSSR count). The molecule has 0 saturated carbocycles. The van der Waals surface area contributed by atoms with E-state index in [2.05, 4.69) is 15.6 Å². The molecule has 0 spiro atoms. The van der Waals surface area contributed by atoms with Gasteiger partial charge < -0.3 is 10.6 Å². The van der Waals surface area contributed by atoms with Crippen molar-refractivity contribution in [1.82, 2.24) is 4.98 Å². The number of carbonyl (C=O) groups excluding carboxylic acids is 2. The van der Waals surface area contributed by atoms with E-state index >= 15 is 0 Å². The predicted molar refractivity (Wildman–Crippen MR) is 132 cm³/mol. The van der Waals surface area contributed by atoms with Crippen LogP contribution in [0.3, 0.4) is 0 Å². The third-order valence-corrected chi connectivity index (χ3v) is 6.74. The molecule has 0 aliphatic heterocycles. The van der Waals surface area contributed by atoms with Gasteiger partial charge in [-0.3, -0.25) is 14.6 Å². The summed E-state index contributed by atoms with van der Waals surface area (Å²) in [7, 11) is 0. The number of amides is 2. The standard InChI is InChI=1S/C24H18ClN3O2S2/c25-20-10-5-17(13-21(20)28-24(30)22-4-2-12-31-22)23(29)27-18-6-8-19(9-7-18)32-15-16-3-1-11-26-14-16/h1-14H,15H2,(H,27,29)(H,28,30). The Bertz CT molecular complexity index is 1210. The summed E-state index contributed by atoms with van der Waals surface area (Å²) in [6.07, 6.45) is 3.61. The second-order valence-electron chi connectivity index (χ2n) is 6.75. The topological polar surface area (TPSA) is 71.1 Å². The van der Waals surface area contributed by atoms with Gasteiger partial charge in [0, 0.05) is 34.3 Å². The molecule has 5 nitrogen and oxygen atoms in total. The van der Waals surface area contributed by atoms with Gasteiger partial charge in [-0.2, -0.15) is 0 Å². The number of carbonyl (C=O) groups is 2. The van der Waals surface area contributed by atoms with E-state index in [1.54, 1.807) is 48.3 Å². The molecule has 0 radical (unpaired) electrons. The van der Waals surface area contributed by atoms with Gasteiger partial charge in [0.05, 0.1) is 15.6 Å². The molecule has 2 aromatic carbocycles. The summed E-state index contributed by atoms with van der Waals surface area (Å²) >= 11 is 9.24. The Hall–Kier alpha value is -3.13. The number of pyridine rings is 1. The van der Waals surface area contributed by atoms with E-state index in [1.807, 2.05) is 48.0 Å². The van der Waals surface area contributed by atoms with Crippen LogP contribution in [0, 0.1) is 0 Å². The molecule has 0 atom stereocenters. The molecule has 0 aliphatic carbocycles. The second-order valence-corrected chi connectivity index (χ2v) is 9.16. The van der Waals surface area contributed by atoms with Crippen molar-refractivity contribution in [3.8, 4) is 0 Å². The Morgan fingerprint density at radius 3 is 2.53 bits per heavy atom. The maximum atomic E-state index is 12.7. The van der Waals surface area contributed by atoms with Crippen LogP contribution >= 0.6 is 34.7 Å². The van der Waals surface area contributed by atoms with E-state index in [9.17, 15) is 9.59 Å². The van der Waals surface area contributed by atoms with Gasteiger partial charge in [0.25, 0.3) is 11.8 Å². The first-order chi connectivity index (χ1) is 15.6. The average Bonchev–Trinajstić information content (AvgIpc) is 3.36. The van der Waals surface area contributed by atoms with Gasteiger partial charge in [-0.05, 0) is 65.5 Å². The fourth-order valence-electron chi connectivity index (χ4n) is 2.84. The number of rotatable bonds is 7.